The Hall–Kier alpha value is -4.05. The highest BCUT2D eigenvalue weighted by Gasteiger charge is 2.25. The molecule has 1 saturated heterocycles. The highest BCUT2D eigenvalue weighted by Crippen LogP contribution is 2.28. The normalized spacial score (nSPS) is 13.9. The molecule has 0 radical (unpaired) electrons. The van der Waals surface area contributed by atoms with E-state index in [1.807, 2.05) is 24.3 Å². The summed E-state index contributed by atoms with van der Waals surface area (Å²) >= 11 is 0. The number of rotatable bonds is 9. The van der Waals surface area contributed by atoms with Gasteiger partial charge in [0.25, 0.3) is 11.6 Å². The van der Waals surface area contributed by atoms with Crippen LogP contribution in [0, 0.1) is 10.1 Å². The maximum Gasteiger partial charge on any atom is 0.276 e. The Labute approximate surface area is 208 Å². The Morgan fingerprint density at radius 1 is 1.11 bits per heavy atom. The highest BCUT2D eigenvalue weighted by molar-refractivity contribution is 6.06. The van der Waals surface area contributed by atoms with Gasteiger partial charge in [-0.1, -0.05) is 18.2 Å². The van der Waals surface area contributed by atoms with Crippen LogP contribution in [0.3, 0.4) is 0 Å². The van der Waals surface area contributed by atoms with E-state index in [1.165, 1.54) is 17.0 Å². The number of anilines is 2. The molecule has 36 heavy (non-hydrogen) atoms. The summed E-state index contributed by atoms with van der Waals surface area (Å²) < 4.78 is 18.7. The van der Waals surface area contributed by atoms with Crippen molar-refractivity contribution in [2.24, 2.45) is 0 Å². The van der Waals surface area contributed by atoms with Crippen LogP contribution in [0.5, 0.6) is 5.75 Å². The zero-order chi connectivity index (χ0) is 25.5. The average Bonchev–Trinajstić information content (AvgIpc) is 2.93. The van der Waals surface area contributed by atoms with Gasteiger partial charge in [-0.15, -0.1) is 0 Å². The second-order valence-electron chi connectivity index (χ2n) is 8.38. The van der Waals surface area contributed by atoms with Crippen LogP contribution >= 0.6 is 0 Å². The quantitative estimate of drug-likeness (QED) is 0.330. The fourth-order valence-corrected chi connectivity index (χ4v) is 4.31. The molecule has 10 heteroatoms. The first-order valence-electron chi connectivity index (χ1n) is 11.7. The van der Waals surface area contributed by atoms with Gasteiger partial charge in [-0.25, -0.2) is 9.37 Å². The second-order valence-corrected chi connectivity index (χ2v) is 8.38. The number of methoxy groups -OCH3 is 1. The summed E-state index contributed by atoms with van der Waals surface area (Å²) in [6, 6.07) is 17.0. The molecule has 4 rings (SSSR count). The minimum Gasteiger partial charge on any atom is -0.495 e. The van der Waals surface area contributed by atoms with E-state index in [-0.39, 0.29) is 11.1 Å². The van der Waals surface area contributed by atoms with E-state index in [2.05, 4.69) is 14.8 Å². The first kappa shape index (κ1) is 25.1. The smallest absolute Gasteiger partial charge is 0.276 e. The Morgan fingerprint density at radius 3 is 2.53 bits per heavy atom. The Kier molecular flexibility index (Phi) is 8.06. The summed E-state index contributed by atoms with van der Waals surface area (Å²) in [6.07, 6.45) is 1.59. The molecule has 1 fully saturated rings. The number of amides is 1. The van der Waals surface area contributed by atoms with Crippen LogP contribution in [-0.4, -0.2) is 67.1 Å². The van der Waals surface area contributed by atoms with Gasteiger partial charge in [0, 0.05) is 57.1 Å². The topological polar surface area (TPSA) is 92.0 Å². The van der Waals surface area contributed by atoms with Gasteiger partial charge >= 0.3 is 0 Å². The molecule has 0 atom stereocenters. The van der Waals surface area contributed by atoms with Crippen molar-refractivity contribution in [3.63, 3.8) is 0 Å². The second kappa shape index (κ2) is 11.6. The van der Waals surface area contributed by atoms with E-state index < -0.39 is 23.2 Å². The van der Waals surface area contributed by atoms with E-state index >= 15 is 0 Å². The molecule has 0 N–H and O–H groups in total. The number of aromatic nitrogens is 1. The third-order valence-electron chi connectivity index (χ3n) is 6.28. The molecular weight excluding hydrogens is 464 g/mol. The number of nitro benzene ring substituents is 1. The van der Waals surface area contributed by atoms with Gasteiger partial charge in [0.2, 0.25) is 0 Å². The van der Waals surface area contributed by atoms with Crippen LogP contribution in [-0.2, 0) is 6.67 Å². The van der Waals surface area contributed by atoms with E-state index in [4.69, 9.17) is 4.74 Å². The zero-order valence-corrected chi connectivity index (χ0v) is 20.0. The molecule has 1 amide bonds. The summed E-state index contributed by atoms with van der Waals surface area (Å²) in [5.74, 6) is 0.869. The first-order chi connectivity index (χ1) is 17.5. The molecule has 188 valence electrons. The molecule has 1 aromatic heterocycles. The molecule has 3 aromatic rings. The maximum absolute atomic E-state index is 13.4. The Balaban J connectivity index is 1.46. The monoisotopic (exact) mass is 492 g/mol. The largest absolute Gasteiger partial charge is 0.495 e. The lowest BCUT2D eigenvalue weighted by Crippen LogP contribution is -2.49. The van der Waals surface area contributed by atoms with Crippen molar-refractivity contribution in [2.75, 3.05) is 56.2 Å². The standard InChI is InChI=1S/C26H28FN5O4/c1-36-24-7-3-2-6-22(24)30-15-12-29(13-16-30)14-17-31(25-8-4-5-11-28-25)26(33)20-9-10-21(19-27)23(18-20)32(34)35/h2-11,18H,12-17,19H2,1H3/i27-1. The molecule has 0 aliphatic carbocycles. The lowest BCUT2D eigenvalue weighted by atomic mass is 10.1. The number of halogens is 1. The Bertz CT molecular complexity index is 1200. The predicted molar refractivity (Wildman–Crippen MR) is 135 cm³/mol. The van der Waals surface area contributed by atoms with Crippen LogP contribution in [0.25, 0.3) is 0 Å². The number of carbonyl (C=O) groups is 1. The number of pyridine rings is 1. The molecular formula is C26H28FN5O4. The van der Waals surface area contributed by atoms with Crippen molar-refractivity contribution in [3.8, 4) is 5.75 Å². The molecule has 0 unspecified atom stereocenters. The summed E-state index contributed by atoms with van der Waals surface area (Å²) in [7, 11) is 1.66. The molecule has 0 spiro atoms. The third kappa shape index (κ3) is 5.60. The van der Waals surface area contributed by atoms with Crippen LogP contribution in [0.4, 0.5) is 21.6 Å². The van der Waals surface area contributed by atoms with Crippen LogP contribution < -0.4 is 14.5 Å². The number of nitrogens with zero attached hydrogens (tertiary/aromatic N) is 5. The van der Waals surface area contributed by atoms with Gasteiger partial charge in [-0.3, -0.25) is 24.7 Å². The fourth-order valence-electron chi connectivity index (χ4n) is 4.31. The number of carbonyl (C=O) groups excluding carboxylic acids is 1. The van der Waals surface area contributed by atoms with Gasteiger partial charge in [0.15, 0.2) is 0 Å². The average molecular weight is 493 g/mol. The number of piperazine rings is 1. The highest BCUT2D eigenvalue weighted by atomic mass is 18.2. The number of para-hydroxylation sites is 2. The van der Waals surface area contributed by atoms with E-state index in [0.29, 0.717) is 18.9 Å². The van der Waals surface area contributed by atoms with Gasteiger partial charge in [0.1, 0.15) is 18.2 Å². The summed E-state index contributed by atoms with van der Waals surface area (Å²) in [5, 5.41) is 11.4. The summed E-state index contributed by atoms with van der Waals surface area (Å²) in [6.45, 7) is 3.22. The summed E-state index contributed by atoms with van der Waals surface area (Å²) in [4.78, 5) is 34.5. The van der Waals surface area contributed by atoms with Crippen molar-refractivity contribution in [3.05, 3.63) is 88.1 Å². The van der Waals surface area contributed by atoms with Gasteiger partial charge in [-0.05, 0) is 36.4 Å². The van der Waals surface area contributed by atoms with E-state index in [0.717, 1.165) is 43.7 Å². The van der Waals surface area contributed by atoms with Gasteiger partial charge in [0.05, 0.1) is 23.3 Å². The van der Waals surface area contributed by atoms with Gasteiger partial charge in [-0.2, -0.15) is 0 Å². The molecule has 0 saturated carbocycles. The maximum atomic E-state index is 13.4. The van der Waals surface area contributed by atoms with Crippen molar-refractivity contribution >= 4 is 23.1 Å². The molecule has 1 aliphatic heterocycles. The number of alkyl halides is 1. The fraction of sp³-hybridized carbons (Fsp3) is 0.308. The van der Waals surface area contributed by atoms with E-state index in [1.54, 1.807) is 31.5 Å². The lowest BCUT2D eigenvalue weighted by molar-refractivity contribution is -0.385. The van der Waals surface area contributed by atoms with Crippen LogP contribution in [0.1, 0.15) is 15.9 Å². The van der Waals surface area contributed by atoms with Crippen LogP contribution in [0.15, 0.2) is 66.9 Å². The van der Waals surface area contributed by atoms with Gasteiger partial charge < -0.3 is 9.64 Å². The number of ether oxygens (including phenoxy) is 1. The third-order valence-corrected chi connectivity index (χ3v) is 6.28. The first-order valence-corrected chi connectivity index (χ1v) is 11.7. The molecule has 9 nitrogen and oxygen atoms in total. The van der Waals surface area contributed by atoms with E-state index in [9.17, 15) is 19.3 Å². The minimum absolute atomic E-state index is 0.0612. The molecule has 0 bridgehead atoms. The lowest BCUT2D eigenvalue weighted by Gasteiger charge is -2.37. The zero-order valence-electron chi connectivity index (χ0n) is 20.0. The van der Waals surface area contributed by atoms with Crippen molar-refractivity contribution < 1.29 is 18.8 Å². The molecule has 1 aliphatic rings. The Morgan fingerprint density at radius 2 is 1.86 bits per heavy atom. The number of hydrogen-bond acceptors (Lipinski definition) is 7. The number of hydrogen-bond donors (Lipinski definition) is 0. The molecule has 2 heterocycles. The van der Waals surface area contributed by atoms with Crippen molar-refractivity contribution in [2.45, 2.75) is 6.67 Å². The summed E-state index contributed by atoms with van der Waals surface area (Å²) in [5.41, 5.74) is 0.708. The van der Waals surface area contributed by atoms with Crippen molar-refractivity contribution in [1.82, 2.24) is 9.88 Å². The number of benzene rings is 2. The molecule has 2 aromatic carbocycles. The predicted octanol–water partition coefficient (Wildman–Crippen LogP) is 3.94. The SMILES string of the molecule is COc1ccccc1N1CCN(CCN(C(=O)c2ccc(C[18F])c([N+](=O)[O-])c2)c2ccccn2)CC1. The van der Waals surface area contributed by atoms with Crippen molar-refractivity contribution in [1.29, 1.82) is 0 Å². The number of nitro groups is 1. The minimum atomic E-state index is -0.977. The van der Waals surface area contributed by atoms with Crippen LogP contribution in [0.2, 0.25) is 0 Å².